The van der Waals surface area contributed by atoms with Gasteiger partial charge in [0.1, 0.15) is 5.82 Å². The number of nitrogen functional groups attached to an aromatic ring is 1. The van der Waals surface area contributed by atoms with Crippen LogP contribution in [0.2, 0.25) is 0 Å². The summed E-state index contributed by atoms with van der Waals surface area (Å²) in [4.78, 5) is 13.5. The zero-order valence-electron chi connectivity index (χ0n) is 12.4. The molecule has 0 aromatic carbocycles. The number of nitrogens with two attached hydrogens (primary N) is 1. The van der Waals surface area contributed by atoms with Crippen LogP contribution in [0.15, 0.2) is 6.20 Å². The Morgan fingerprint density at radius 3 is 2.60 bits per heavy atom. The van der Waals surface area contributed by atoms with Crippen LogP contribution in [-0.2, 0) is 0 Å². The van der Waals surface area contributed by atoms with Gasteiger partial charge < -0.3 is 15.5 Å². The van der Waals surface area contributed by atoms with Crippen LogP contribution in [-0.4, -0.2) is 47.6 Å². The van der Waals surface area contributed by atoms with Crippen LogP contribution in [0.5, 0.6) is 0 Å². The number of piperidine rings is 1. The minimum Gasteiger partial charge on any atom is -0.368 e. The highest BCUT2D eigenvalue weighted by Crippen LogP contribution is 2.25. The zero-order valence-corrected chi connectivity index (χ0v) is 12.4. The minimum atomic E-state index is 0.379. The Balaban J connectivity index is 1.56. The Morgan fingerprint density at radius 2 is 1.90 bits per heavy atom. The van der Waals surface area contributed by atoms with Gasteiger partial charge in [-0.25, -0.2) is 4.98 Å². The highest BCUT2D eigenvalue weighted by Gasteiger charge is 2.24. The molecule has 5 nitrogen and oxygen atoms in total. The fourth-order valence-electron chi connectivity index (χ4n) is 3.42. The van der Waals surface area contributed by atoms with E-state index in [9.17, 15) is 0 Å². The molecule has 3 rings (SSSR count). The first-order valence-electron chi connectivity index (χ1n) is 7.79. The number of hydrogen-bond donors (Lipinski definition) is 1. The maximum atomic E-state index is 5.71. The van der Waals surface area contributed by atoms with E-state index in [0.717, 1.165) is 30.4 Å². The van der Waals surface area contributed by atoms with Crippen molar-refractivity contribution in [1.82, 2.24) is 14.9 Å². The van der Waals surface area contributed by atoms with E-state index in [1.165, 1.54) is 45.3 Å². The lowest BCUT2D eigenvalue weighted by molar-refractivity contribution is 0.249. The molecule has 0 bridgehead atoms. The van der Waals surface area contributed by atoms with Crippen molar-refractivity contribution in [3.05, 3.63) is 11.8 Å². The molecule has 0 saturated carbocycles. The van der Waals surface area contributed by atoms with Gasteiger partial charge in [-0.05, 0) is 51.6 Å². The molecule has 2 N–H and O–H groups in total. The molecule has 2 aliphatic rings. The van der Waals surface area contributed by atoms with Gasteiger partial charge in [0.25, 0.3) is 0 Å². The standard InChI is InChI=1S/C15H25N5/c1-12-10-17-15(16)18-14(12)20-8-4-13(5-9-20)11-19-6-2-3-7-19/h10,13H,2-9,11H2,1H3,(H2,16,17,18). The molecular weight excluding hydrogens is 250 g/mol. The second kappa shape index (κ2) is 5.95. The number of likely N-dealkylation sites (tertiary alicyclic amines) is 1. The van der Waals surface area contributed by atoms with Crippen LogP contribution >= 0.6 is 0 Å². The first kappa shape index (κ1) is 13.6. The summed E-state index contributed by atoms with van der Waals surface area (Å²) in [5.41, 5.74) is 6.84. The summed E-state index contributed by atoms with van der Waals surface area (Å²) < 4.78 is 0. The number of hydrogen-bond acceptors (Lipinski definition) is 5. The molecule has 0 amide bonds. The topological polar surface area (TPSA) is 58.3 Å². The predicted molar refractivity (Wildman–Crippen MR) is 81.8 cm³/mol. The van der Waals surface area contributed by atoms with Crippen molar-refractivity contribution < 1.29 is 0 Å². The van der Waals surface area contributed by atoms with E-state index in [4.69, 9.17) is 5.73 Å². The summed E-state index contributed by atoms with van der Waals surface area (Å²) in [5, 5.41) is 0. The van der Waals surface area contributed by atoms with Crippen LogP contribution in [0.25, 0.3) is 0 Å². The molecule has 2 fully saturated rings. The maximum Gasteiger partial charge on any atom is 0.221 e. The highest BCUT2D eigenvalue weighted by molar-refractivity contribution is 5.48. The quantitative estimate of drug-likeness (QED) is 0.909. The summed E-state index contributed by atoms with van der Waals surface area (Å²) in [6.45, 7) is 8.15. The third kappa shape index (κ3) is 3.03. The molecular formula is C15H25N5. The van der Waals surface area contributed by atoms with Crippen molar-refractivity contribution >= 4 is 11.8 Å². The second-order valence-corrected chi connectivity index (χ2v) is 6.17. The van der Waals surface area contributed by atoms with Gasteiger partial charge in [-0.1, -0.05) is 0 Å². The van der Waals surface area contributed by atoms with Crippen LogP contribution in [0.1, 0.15) is 31.2 Å². The zero-order chi connectivity index (χ0) is 13.9. The Morgan fingerprint density at radius 1 is 1.20 bits per heavy atom. The van der Waals surface area contributed by atoms with E-state index in [-0.39, 0.29) is 0 Å². The first-order chi connectivity index (χ1) is 9.72. The molecule has 110 valence electrons. The van der Waals surface area contributed by atoms with Crippen molar-refractivity contribution in [2.45, 2.75) is 32.6 Å². The van der Waals surface area contributed by atoms with Gasteiger partial charge in [-0.3, -0.25) is 0 Å². The fraction of sp³-hybridized carbons (Fsp3) is 0.733. The Labute approximate surface area is 121 Å². The van der Waals surface area contributed by atoms with E-state index in [2.05, 4.69) is 26.7 Å². The van der Waals surface area contributed by atoms with E-state index in [1.807, 2.05) is 6.20 Å². The van der Waals surface area contributed by atoms with Crippen LogP contribution in [0.4, 0.5) is 11.8 Å². The number of anilines is 2. The van der Waals surface area contributed by atoms with E-state index >= 15 is 0 Å². The smallest absolute Gasteiger partial charge is 0.221 e. The lowest BCUT2D eigenvalue weighted by atomic mass is 9.96. The molecule has 0 unspecified atom stereocenters. The molecule has 0 radical (unpaired) electrons. The van der Waals surface area contributed by atoms with Crippen molar-refractivity contribution in [1.29, 1.82) is 0 Å². The number of aromatic nitrogens is 2. The third-order valence-electron chi connectivity index (χ3n) is 4.59. The van der Waals surface area contributed by atoms with E-state index in [1.54, 1.807) is 0 Å². The highest BCUT2D eigenvalue weighted by atomic mass is 15.2. The molecule has 3 heterocycles. The van der Waals surface area contributed by atoms with Gasteiger partial charge in [-0.15, -0.1) is 0 Å². The van der Waals surface area contributed by atoms with Gasteiger partial charge in [0.15, 0.2) is 0 Å². The average molecular weight is 275 g/mol. The van der Waals surface area contributed by atoms with Crippen LogP contribution in [0.3, 0.4) is 0 Å². The Hall–Kier alpha value is -1.36. The van der Waals surface area contributed by atoms with Gasteiger partial charge in [-0.2, -0.15) is 4.98 Å². The normalized spacial score (nSPS) is 21.6. The number of aryl methyl sites for hydroxylation is 1. The summed E-state index contributed by atoms with van der Waals surface area (Å²) in [6, 6.07) is 0. The Bertz CT molecular complexity index is 448. The minimum absolute atomic E-state index is 0.379. The van der Waals surface area contributed by atoms with E-state index in [0.29, 0.717) is 5.95 Å². The third-order valence-corrected chi connectivity index (χ3v) is 4.59. The van der Waals surface area contributed by atoms with Crippen LogP contribution < -0.4 is 10.6 Å². The number of rotatable bonds is 3. The van der Waals surface area contributed by atoms with Gasteiger partial charge in [0.05, 0.1) is 0 Å². The van der Waals surface area contributed by atoms with Crippen molar-refractivity contribution in [3.63, 3.8) is 0 Å². The molecule has 0 spiro atoms. The molecule has 2 aliphatic heterocycles. The Kier molecular flexibility index (Phi) is 4.05. The largest absolute Gasteiger partial charge is 0.368 e. The lowest BCUT2D eigenvalue weighted by Gasteiger charge is -2.35. The van der Waals surface area contributed by atoms with Gasteiger partial charge in [0.2, 0.25) is 5.95 Å². The summed E-state index contributed by atoms with van der Waals surface area (Å²) in [6.07, 6.45) is 7.13. The fourth-order valence-corrected chi connectivity index (χ4v) is 3.42. The summed E-state index contributed by atoms with van der Waals surface area (Å²) in [5.74, 6) is 2.26. The first-order valence-corrected chi connectivity index (χ1v) is 7.79. The van der Waals surface area contributed by atoms with Gasteiger partial charge >= 0.3 is 0 Å². The molecule has 5 heteroatoms. The summed E-state index contributed by atoms with van der Waals surface area (Å²) in [7, 11) is 0. The molecule has 0 aliphatic carbocycles. The van der Waals surface area contributed by atoms with Crippen molar-refractivity contribution in [2.75, 3.05) is 43.4 Å². The molecule has 1 aromatic rings. The SMILES string of the molecule is Cc1cnc(N)nc1N1CCC(CN2CCCC2)CC1. The second-order valence-electron chi connectivity index (χ2n) is 6.17. The maximum absolute atomic E-state index is 5.71. The number of nitrogens with zero attached hydrogens (tertiary/aromatic N) is 4. The molecule has 0 atom stereocenters. The van der Waals surface area contributed by atoms with Crippen molar-refractivity contribution in [3.8, 4) is 0 Å². The molecule has 20 heavy (non-hydrogen) atoms. The van der Waals surface area contributed by atoms with Crippen LogP contribution in [0, 0.1) is 12.8 Å². The van der Waals surface area contributed by atoms with E-state index < -0.39 is 0 Å². The van der Waals surface area contributed by atoms with Crippen molar-refractivity contribution in [2.24, 2.45) is 5.92 Å². The molecule has 2 saturated heterocycles. The lowest BCUT2D eigenvalue weighted by Crippen LogP contribution is -2.38. The average Bonchev–Trinajstić information content (AvgIpc) is 2.95. The van der Waals surface area contributed by atoms with Gasteiger partial charge in [0, 0.05) is 31.4 Å². The molecule has 1 aromatic heterocycles. The monoisotopic (exact) mass is 275 g/mol. The summed E-state index contributed by atoms with van der Waals surface area (Å²) >= 11 is 0. The predicted octanol–water partition coefficient (Wildman–Crippen LogP) is 1.68.